The Balaban J connectivity index is 1.14. The number of aryl methyl sites for hydroxylation is 1. The lowest BCUT2D eigenvalue weighted by Gasteiger charge is -2.25. The number of amides is 2. The van der Waals surface area contributed by atoms with Gasteiger partial charge in [-0.2, -0.15) is 0 Å². The minimum Gasteiger partial charge on any atom is -0.395 e. The van der Waals surface area contributed by atoms with E-state index in [4.69, 9.17) is 12.2 Å². The molecule has 6 rings (SSSR count). The van der Waals surface area contributed by atoms with Gasteiger partial charge in [0, 0.05) is 35.1 Å². The van der Waals surface area contributed by atoms with Crippen LogP contribution in [0.1, 0.15) is 52.9 Å². The fraction of sp³-hybridized carbons (Fsp3) is 0.480. The van der Waals surface area contributed by atoms with Crippen molar-refractivity contribution in [1.29, 1.82) is 0 Å². The summed E-state index contributed by atoms with van der Waals surface area (Å²) in [4.78, 5) is 26.8. The van der Waals surface area contributed by atoms with Crippen molar-refractivity contribution in [1.82, 2.24) is 10.6 Å². The van der Waals surface area contributed by atoms with Crippen LogP contribution in [0.15, 0.2) is 18.2 Å². The van der Waals surface area contributed by atoms with Gasteiger partial charge < -0.3 is 30.7 Å². The fourth-order valence-electron chi connectivity index (χ4n) is 4.62. The predicted octanol–water partition coefficient (Wildman–Crippen LogP) is 4.40. The van der Waals surface area contributed by atoms with Crippen LogP contribution >= 0.6 is 23.6 Å². The molecule has 2 fully saturated rings. The molecule has 37 heavy (non-hydrogen) atoms. The summed E-state index contributed by atoms with van der Waals surface area (Å²) >= 11 is 6.96. The first-order valence-corrected chi connectivity index (χ1v) is 13.7. The highest BCUT2D eigenvalue weighted by molar-refractivity contribution is 7.80. The van der Waals surface area contributed by atoms with Gasteiger partial charge in [0.1, 0.15) is 5.00 Å². The summed E-state index contributed by atoms with van der Waals surface area (Å²) in [6.45, 7) is 0.649. The highest BCUT2D eigenvalue weighted by Gasteiger charge is 2.43. The molecule has 2 aromatic rings. The molecule has 0 saturated heterocycles. The standard InChI is InChI=1S/C25H26F2N4O4S2/c26-25(27)34-17-7-5-15(10-18(17)35-25)30-24(36)29-14-6-8-19-16(9-14)20(22(33)28-11-12-1-2-12)23(37-19)31-21(32)13-3-4-13/h5,7,10,12-14H,1-4,6,8-9,11H2,(H,28,33)(H,31,32)(H2,29,30,36)/t14-/m0/s1. The second kappa shape index (κ2) is 9.39. The van der Waals surface area contributed by atoms with E-state index in [-0.39, 0.29) is 35.3 Å². The first-order chi connectivity index (χ1) is 17.7. The summed E-state index contributed by atoms with van der Waals surface area (Å²) in [5.74, 6) is 0.320. The minimum absolute atomic E-state index is 0.0172. The third-order valence-electron chi connectivity index (χ3n) is 6.92. The number of ether oxygens (including phenoxy) is 2. The first kappa shape index (κ1) is 24.4. The van der Waals surface area contributed by atoms with Gasteiger partial charge in [0.05, 0.1) is 5.56 Å². The molecular formula is C25H26F2N4O4S2. The van der Waals surface area contributed by atoms with Crippen molar-refractivity contribution in [2.45, 2.75) is 57.3 Å². The van der Waals surface area contributed by atoms with Crippen molar-refractivity contribution in [3.63, 3.8) is 0 Å². The van der Waals surface area contributed by atoms with E-state index in [2.05, 4.69) is 30.7 Å². The number of carbonyl (C=O) groups excluding carboxylic acids is 2. The van der Waals surface area contributed by atoms with Gasteiger partial charge in [0.15, 0.2) is 16.6 Å². The maximum Gasteiger partial charge on any atom is 0.586 e. The van der Waals surface area contributed by atoms with Crippen molar-refractivity contribution in [3.05, 3.63) is 34.2 Å². The Bertz CT molecular complexity index is 1280. The highest BCUT2D eigenvalue weighted by Crippen LogP contribution is 2.43. The number of halogens is 2. The van der Waals surface area contributed by atoms with Crippen LogP contribution in [-0.4, -0.2) is 35.8 Å². The average Bonchev–Trinajstić information content (AvgIpc) is 3.76. The second-order valence-corrected chi connectivity index (χ2v) is 11.5. The molecule has 4 N–H and O–H groups in total. The molecule has 1 aromatic heterocycles. The monoisotopic (exact) mass is 548 g/mol. The number of alkyl halides is 2. The van der Waals surface area contributed by atoms with E-state index in [0.717, 1.165) is 49.0 Å². The van der Waals surface area contributed by atoms with Gasteiger partial charge in [-0.15, -0.1) is 20.1 Å². The largest absolute Gasteiger partial charge is 0.586 e. The molecule has 196 valence electrons. The van der Waals surface area contributed by atoms with Crippen LogP contribution in [-0.2, 0) is 17.6 Å². The molecule has 2 heterocycles. The smallest absolute Gasteiger partial charge is 0.395 e. The average molecular weight is 549 g/mol. The number of benzene rings is 1. The van der Waals surface area contributed by atoms with Crippen LogP contribution in [0.3, 0.4) is 0 Å². The third kappa shape index (κ3) is 5.49. The number of rotatable bonds is 7. The van der Waals surface area contributed by atoms with Gasteiger partial charge in [0.2, 0.25) is 5.91 Å². The Morgan fingerprint density at radius 2 is 1.86 bits per heavy atom. The van der Waals surface area contributed by atoms with Crippen molar-refractivity contribution in [2.24, 2.45) is 11.8 Å². The molecule has 1 aliphatic heterocycles. The summed E-state index contributed by atoms with van der Waals surface area (Å²) in [5.41, 5.74) is 1.99. The third-order valence-corrected chi connectivity index (χ3v) is 8.34. The van der Waals surface area contributed by atoms with Crippen molar-refractivity contribution in [3.8, 4) is 11.5 Å². The zero-order valence-electron chi connectivity index (χ0n) is 19.8. The summed E-state index contributed by atoms with van der Waals surface area (Å²) in [7, 11) is 0. The number of hydrogen-bond donors (Lipinski definition) is 4. The molecule has 2 saturated carbocycles. The van der Waals surface area contributed by atoms with E-state index >= 15 is 0 Å². The van der Waals surface area contributed by atoms with Crippen LogP contribution in [0.4, 0.5) is 19.5 Å². The first-order valence-electron chi connectivity index (χ1n) is 12.4. The molecule has 0 radical (unpaired) electrons. The topological polar surface area (TPSA) is 101 Å². The number of hydrogen-bond acceptors (Lipinski definition) is 6. The van der Waals surface area contributed by atoms with Gasteiger partial charge in [0.25, 0.3) is 5.91 Å². The molecule has 1 aromatic carbocycles. The molecule has 1 atom stereocenters. The maximum atomic E-state index is 13.3. The molecule has 8 nitrogen and oxygen atoms in total. The van der Waals surface area contributed by atoms with Crippen molar-refractivity contribution >= 4 is 51.2 Å². The molecular weight excluding hydrogens is 522 g/mol. The normalized spacial score (nSPS) is 21.1. The maximum absolute atomic E-state index is 13.3. The van der Waals surface area contributed by atoms with E-state index in [1.165, 1.54) is 23.5 Å². The van der Waals surface area contributed by atoms with Crippen molar-refractivity contribution < 1.29 is 27.8 Å². The van der Waals surface area contributed by atoms with E-state index in [9.17, 15) is 18.4 Å². The SMILES string of the molecule is O=C(NCC1CC1)c1c(NC(=O)C2CC2)sc2c1C[C@@H](NC(=S)Nc1ccc3c(c1)OC(F)(F)O3)CC2. The Labute approximate surface area is 221 Å². The quantitative estimate of drug-likeness (QED) is 0.381. The van der Waals surface area contributed by atoms with E-state index < -0.39 is 6.29 Å². The highest BCUT2D eigenvalue weighted by atomic mass is 32.1. The summed E-state index contributed by atoms with van der Waals surface area (Å²) < 4.78 is 35.5. The van der Waals surface area contributed by atoms with Gasteiger partial charge in [-0.3, -0.25) is 9.59 Å². The predicted molar refractivity (Wildman–Crippen MR) is 139 cm³/mol. The zero-order valence-corrected chi connectivity index (χ0v) is 21.5. The molecule has 12 heteroatoms. The summed E-state index contributed by atoms with van der Waals surface area (Å²) in [5, 5.41) is 13.3. The lowest BCUT2D eigenvalue weighted by atomic mass is 9.91. The number of thiocarbonyl (C=S) groups is 1. The molecule has 2 amide bonds. The van der Waals surface area contributed by atoms with E-state index in [0.29, 0.717) is 40.2 Å². The Morgan fingerprint density at radius 3 is 2.62 bits per heavy atom. The van der Waals surface area contributed by atoms with Gasteiger partial charge in [-0.25, -0.2) is 0 Å². The van der Waals surface area contributed by atoms with Crippen LogP contribution < -0.4 is 30.7 Å². The molecule has 3 aliphatic carbocycles. The zero-order chi connectivity index (χ0) is 25.7. The van der Waals surface area contributed by atoms with Gasteiger partial charge in [-0.05, 0) is 80.8 Å². The van der Waals surface area contributed by atoms with Gasteiger partial charge in [-0.1, -0.05) is 0 Å². The Morgan fingerprint density at radius 1 is 1.08 bits per heavy atom. The summed E-state index contributed by atoms with van der Waals surface area (Å²) in [6, 6.07) is 4.33. The lowest BCUT2D eigenvalue weighted by Crippen LogP contribution is -2.41. The number of carbonyl (C=O) groups is 2. The number of fused-ring (bicyclic) bond motifs is 2. The van der Waals surface area contributed by atoms with Crippen LogP contribution in [0, 0.1) is 11.8 Å². The Hall–Kier alpha value is -2.99. The minimum atomic E-state index is -3.68. The molecule has 0 bridgehead atoms. The Kier molecular flexibility index (Phi) is 6.18. The molecule has 0 unspecified atom stereocenters. The number of nitrogens with one attached hydrogen (secondary N) is 4. The van der Waals surface area contributed by atoms with E-state index in [1.807, 2.05) is 0 Å². The molecule has 0 spiro atoms. The van der Waals surface area contributed by atoms with E-state index in [1.54, 1.807) is 6.07 Å². The lowest BCUT2D eigenvalue weighted by molar-refractivity contribution is -0.286. The van der Waals surface area contributed by atoms with Gasteiger partial charge >= 0.3 is 6.29 Å². The number of anilines is 2. The number of thiophene rings is 1. The fourth-order valence-corrected chi connectivity index (χ4v) is 6.15. The van der Waals surface area contributed by atoms with Crippen LogP contribution in [0.2, 0.25) is 0 Å². The molecule has 4 aliphatic rings. The van der Waals surface area contributed by atoms with Crippen LogP contribution in [0.25, 0.3) is 0 Å². The van der Waals surface area contributed by atoms with Crippen molar-refractivity contribution in [2.75, 3.05) is 17.2 Å². The van der Waals surface area contributed by atoms with Crippen LogP contribution in [0.5, 0.6) is 11.5 Å². The second-order valence-electron chi connectivity index (χ2n) is 9.99. The summed E-state index contributed by atoms with van der Waals surface area (Å²) in [6.07, 6.45) is 2.49.